The number of aromatic amines is 1. The number of pyridine rings is 1. The number of nitrogens with zero attached hydrogens (tertiary/aromatic N) is 5. The van der Waals surface area contributed by atoms with Crippen molar-refractivity contribution in [1.82, 2.24) is 29.8 Å². The fraction of sp³-hybridized carbons (Fsp3) is 0.333. The number of nitrogens with one attached hydrogen (secondary N) is 1. The molecule has 0 aliphatic heterocycles. The van der Waals surface area contributed by atoms with Crippen molar-refractivity contribution >= 4 is 22.7 Å². The number of amides is 2. The van der Waals surface area contributed by atoms with Crippen molar-refractivity contribution < 1.29 is 14.3 Å². The number of ether oxygens (including phenoxy) is 1. The first-order valence-electron chi connectivity index (χ1n) is 12.3. The van der Waals surface area contributed by atoms with E-state index in [0.717, 1.165) is 47.8 Å². The molecule has 10 nitrogen and oxygen atoms in total. The second-order valence-electron chi connectivity index (χ2n) is 8.86. The largest absolute Gasteiger partial charge is 0.480 e. The summed E-state index contributed by atoms with van der Waals surface area (Å²) in [5.41, 5.74) is 8.58. The SMILES string of the molecule is COc1nc2ccccc2cc1-c1cnc(-c2nccnc2CC(=O)N(C)CCCCCCC(N)=O)[nH]1. The second kappa shape index (κ2) is 12.1. The molecule has 0 unspecified atom stereocenters. The van der Waals surface area contributed by atoms with Gasteiger partial charge in [-0.1, -0.05) is 31.0 Å². The third kappa shape index (κ3) is 6.46. The summed E-state index contributed by atoms with van der Waals surface area (Å²) in [5, 5.41) is 0.983. The molecule has 4 aromatic rings. The molecule has 3 aromatic heterocycles. The number of hydrogen-bond acceptors (Lipinski definition) is 7. The Morgan fingerprint density at radius 3 is 2.65 bits per heavy atom. The number of likely N-dealkylation sites (N-methyl/N-ethyl adjacent to an activating group) is 1. The van der Waals surface area contributed by atoms with Gasteiger partial charge in [-0.15, -0.1) is 0 Å². The zero-order valence-electron chi connectivity index (χ0n) is 21.1. The molecule has 2 amide bonds. The molecule has 3 N–H and O–H groups in total. The molecule has 0 bridgehead atoms. The summed E-state index contributed by atoms with van der Waals surface area (Å²) >= 11 is 0. The highest BCUT2D eigenvalue weighted by Gasteiger charge is 2.19. The van der Waals surface area contributed by atoms with Crippen molar-refractivity contribution in [2.75, 3.05) is 20.7 Å². The fourth-order valence-electron chi connectivity index (χ4n) is 4.12. The Kier molecular flexibility index (Phi) is 8.40. The Morgan fingerprint density at radius 1 is 1.05 bits per heavy atom. The van der Waals surface area contributed by atoms with E-state index in [-0.39, 0.29) is 18.2 Å². The Labute approximate surface area is 215 Å². The number of H-pyrrole nitrogens is 1. The maximum Gasteiger partial charge on any atom is 0.228 e. The van der Waals surface area contributed by atoms with Gasteiger partial charge in [0.25, 0.3) is 0 Å². The van der Waals surface area contributed by atoms with Crippen LogP contribution in [-0.2, 0) is 16.0 Å². The lowest BCUT2D eigenvalue weighted by Gasteiger charge is -2.17. The Balaban J connectivity index is 1.46. The molecule has 0 radical (unpaired) electrons. The number of carbonyl (C=O) groups excluding carboxylic acids is 2. The van der Waals surface area contributed by atoms with Crippen LogP contribution in [-0.4, -0.2) is 62.3 Å². The van der Waals surface area contributed by atoms with E-state index in [2.05, 4.69) is 24.9 Å². The van der Waals surface area contributed by atoms with Crippen LogP contribution in [0.1, 0.15) is 37.8 Å². The molecule has 10 heteroatoms. The van der Waals surface area contributed by atoms with Crippen LogP contribution < -0.4 is 10.5 Å². The minimum Gasteiger partial charge on any atom is -0.480 e. The zero-order chi connectivity index (χ0) is 26.2. The quantitative estimate of drug-likeness (QED) is 0.283. The van der Waals surface area contributed by atoms with E-state index in [9.17, 15) is 9.59 Å². The monoisotopic (exact) mass is 501 g/mol. The first kappa shape index (κ1) is 25.7. The molecule has 0 saturated heterocycles. The number of unbranched alkanes of at least 4 members (excludes halogenated alkanes) is 3. The van der Waals surface area contributed by atoms with Crippen molar-refractivity contribution in [2.24, 2.45) is 5.73 Å². The van der Waals surface area contributed by atoms with Gasteiger partial charge in [-0.2, -0.15) is 0 Å². The fourth-order valence-corrected chi connectivity index (χ4v) is 4.12. The summed E-state index contributed by atoms with van der Waals surface area (Å²) in [4.78, 5) is 46.7. The third-order valence-corrected chi connectivity index (χ3v) is 6.16. The zero-order valence-corrected chi connectivity index (χ0v) is 21.1. The molecule has 1 aromatic carbocycles. The molecule has 0 aliphatic rings. The number of methoxy groups -OCH3 is 1. The number of primary amides is 1. The number of benzene rings is 1. The van der Waals surface area contributed by atoms with Gasteiger partial charge in [0.05, 0.1) is 42.2 Å². The van der Waals surface area contributed by atoms with Crippen molar-refractivity contribution in [2.45, 2.75) is 38.5 Å². The van der Waals surface area contributed by atoms with Crippen LogP contribution in [0.2, 0.25) is 0 Å². The molecule has 0 spiro atoms. The first-order chi connectivity index (χ1) is 18.0. The van der Waals surface area contributed by atoms with Crippen molar-refractivity contribution in [3.8, 4) is 28.7 Å². The van der Waals surface area contributed by atoms with E-state index in [1.54, 1.807) is 37.6 Å². The number of fused-ring (bicyclic) bond motifs is 1. The summed E-state index contributed by atoms with van der Waals surface area (Å²) < 4.78 is 5.53. The van der Waals surface area contributed by atoms with Crippen LogP contribution in [0.5, 0.6) is 5.88 Å². The average molecular weight is 502 g/mol. The summed E-state index contributed by atoms with van der Waals surface area (Å²) in [6.45, 7) is 0.630. The van der Waals surface area contributed by atoms with Crippen LogP contribution in [0.15, 0.2) is 48.9 Å². The summed E-state index contributed by atoms with van der Waals surface area (Å²) in [5.74, 6) is 0.674. The van der Waals surface area contributed by atoms with E-state index < -0.39 is 0 Å². The van der Waals surface area contributed by atoms with Gasteiger partial charge >= 0.3 is 0 Å². The minimum atomic E-state index is -0.274. The number of hydrogen-bond donors (Lipinski definition) is 2. The van der Waals surface area contributed by atoms with E-state index in [4.69, 9.17) is 10.5 Å². The molecule has 192 valence electrons. The van der Waals surface area contributed by atoms with Gasteiger partial charge in [-0.3, -0.25) is 14.6 Å². The summed E-state index contributed by atoms with van der Waals surface area (Å²) in [6.07, 6.45) is 8.86. The molecule has 0 aliphatic carbocycles. The van der Waals surface area contributed by atoms with Crippen molar-refractivity contribution in [3.05, 3.63) is 54.6 Å². The standard InChI is InChI=1S/C27H31N7O3/c1-34(14-8-4-3-5-11-23(28)35)24(36)16-21-25(30-13-12-29-21)26-31-17-22(32-26)19-15-18-9-6-7-10-20(18)33-27(19)37-2/h6-7,9-10,12-13,15,17H,3-5,8,11,14,16H2,1-2H3,(H2,28,35)(H,31,32). The first-order valence-corrected chi connectivity index (χ1v) is 12.3. The minimum absolute atomic E-state index is 0.0499. The molecule has 4 rings (SSSR count). The molecule has 37 heavy (non-hydrogen) atoms. The Bertz CT molecular complexity index is 1390. The smallest absolute Gasteiger partial charge is 0.228 e. The average Bonchev–Trinajstić information content (AvgIpc) is 3.39. The van der Waals surface area contributed by atoms with Gasteiger partial charge in [-0.05, 0) is 25.0 Å². The number of aromatic nitrogens is 5. The highest BCUT2D eigenvalue weighted by Crippen LogP contribution is 2.31. The van der Waals surface area contributed by atoms with Gasteiger partial charge in [-0.25, -0.2) is 15.0 Å². The third-order valence-electron chi connectivity index (χ3n) is 6.16. The molecule has 0 fully saturated rings. The van der Waals surface area contributed by atoms with Crippen LogP contribution >= 0.6 is 0 Å². The number of nitrogens with two attached hydrogens (primary N) is 1. The lowest BCUT2D eigenvalue weighted by atomic mass is 10.1. The summed E-state index contributed by atoms with van der Waals surface area (Å²) in [7, 11) is 3.37. The maximum absolute atomic E-state index is 12.9. The topological polar surface area (TPSA) is 140 Å². The number of carbonyl (C=O) groups is 2. The predicted octanol–water partition coefficient (Wildman–Crippen LogP) is 3.53. The molecule has 0 atom stereocenters. The van der Waals surface area contributed by atoms with Gasteiger partial charge in [0.2, 0.25) is 17.7 Å². The van der Waals surface area contributed by atoms with Gasteiger partial charge in [0.15, 0.2) is 5.82 Å². The van der Waals surface area contributed by atoms with Crippen LogP contribution in [0, 0.1) is 0 Å². The van der Waals surface area contributed by atoms with Gasteiger partial charge < -0.3 is 20.4 Å². The highest BCUT2D eigenvalue weighted by molar-refractivity contribution is 5.86. The maximum atomic E-state index is 12.9. The number of rotatable bonds is 12. The summed E-state index contributed by atoms with van der Waals surface area (Å²) in [6, 6.07) is 9.82. The Morgan fingerprint density at radius 2 is 1.84 bits per heavy atom. The van der Waals surface area contributed by atoms with Gasteiger partial charge in [0.1, 0.15) is 5.69 Å². The Hall–Kier alpha value is -4.34. The van der Waals surface area contributed by atoms with Crippen molar-refractivity contribution in [1.29, 1.82) is 0 Å². The lowest BCUT2D eigenvalue weighted by Crippen LogP contribution is -2.29. The predicted molar refractivity (Wildman–Crippen MR) is 141 cm³/mol. The van der Waals surface area contributed by atoms with E-state index >= 15 is 0 Å². The molecule has 3 heterocycles. The van der Waals surface area contributed by atoms with Crippen molar-refractivity contribution in [3.63, 3.8) is 0 Å². The van der Waals surface area contributed by atoms with E-state index in [0.29, 0.717) is 36.1 Å². The van der Waals surface area contributed by atoms with Crippen LogP contribution in [0.25, 0.3) is 33.7 Å². The van der Waals surface area contributed by atoms with E-state index in [1.165, 1.54) is 0 Å². The molecule has 0 saturated carbocycles. The van der Waals surface area contributed by atoms with Crippen LogP contribution in [0.4, 0.5) is 0 Å². The number of imidazole rings is 1. The van der Waals surface area contributed by atoms with Crippen LogP contribution in [0.3, 0.4) is 0 Å². The van der Waals surface area contributed by atoms with Gasteiger partial charge in [0, 0.05) is 37.8 Å². The number of para-hydroxylation sites is 1. The molecular weight excluding hydrogens is 470 g/mol. The van der Waals surface area contributed by atoms with E-state index in [1.807, 2.05) is 30.3 Å². The normalized spacial score (nSPS) is 11.0. The molecular formula is C27H31N7O3. The second-order valence-corrected chi connectivity index (χ2v) is 8.86. The lowest BCUT2D eigenvalue weighted by molar-refractivity contribution is -0.129. The highest BCUT2D eigenvalue weighted by atomic mass is 16.5.